The lowest BCUT2D eigenvalue weighted by atomic mass is 9.99. The molecule has 0 aliphatic carbocycles. The molecule has 0 saturated carbocycles. The molecule has 0 fully saturated rings. The number of para-hydroxylation sites is 3. The van der Waals surface area contributed by atoms with E-state index in [2.05, 4.69) is 126 Å². The Morgan fingerprint density at radius 3 is 1.56 bits per heavy atom. The molecule has 7 aromatic carbocycles. The highest BCUT2D eigenvalue weighted by atomic mass is 15.0. The van der Waals surface area contributed by atoms with E-state index in [0.29, 0.717) is 0 Å². The molecule has 0 saturated heterocycles. The standard InChI is InChI=1S/C42H27N3/c1-2-10-30(11-3-1)41-42(44-38-16-8-7-15-37(38)43-41)31-20-18-28(19-21-31)29-22-24-34(25-23-29)45-39-17-9-6-14-35(39)36-26-32-12-4-5-13-33(32)27-40(36)45/h1-27H. The summed E-state index contributed by atoms with van der Waals surface area (Å²) in [4.78, 5) is 10.1. The van der Waals surface area contributed by atoms with Gasteiger partial charge in [0, 0.05) is 27.6 Å². The average molecular weight is 574 g/mol. The summed E-state index contributed by atoms with van der Waals surface area (Å²) in [6.45, 7) is 0. The molecule has 0 N–H and O–H groups in total. The molecule has 0 spiro atoms. The summed E-state index contributed by atoms with van der Waals surface area (Å²) < 4.78 is 2.38. The number of hydrogen-bond donors (Lipinski definition) is 0. The molecule has 9 aromatic rings. The molecule has 0 amide bonds. The molecule has 0 radical (unpaired) electrons. The fourth-order valence-corrected chi connectivity index (χ4v) is 6.56. The van der Waals surface area contributed by atoms with Crippen molar-refractivity contribution in [2.45, 2.75) is 0 Å². The first-order valence-electron chi connectivity index (χ1n) is 15.3. The second-order valence-electron chi connectivity index (χ2n) is 11.5. The van der Waals surface area contributed by atoms with Crippen molar-refractivity contribution in [2.75, 3.05) is 0 Å². The Kier molecular flexibility index (Phi) is 5.82. The van der Waals surface area contributed by atoms with Crippen LogP contribution in [0, 0.1) is 0 Å². The Hall–Kier alpha value is -6.06. The van der Waals surface area contributed by atoms with Crippen LogP contribution in [0.2, 0.25) is 0 Å². The monoisotopic (exact) mass is 573 g/mol. The summed E-state index contributed by atoms with van der Waals surface area (Å²) in [5.41, 5.74) is 11.6. The second-order valence-corrected chi connectivity index (χ2v) is 11.5. The molecule has 0 bridgehead atoms. The Morgan fingerprint density at radius 2 is 0.867 bits per heavy atom. The van der Waals surface area contributed by atoms with E-state index >= 15 is 0 Å². The van der Waals surface area contributed by atoms with Crippen LogP contribution < -0.4 is 0 Å². The van der Waals surface area contributed by atoms with Crippen LogP contribution in [-0.2, 0) is 0 Å². The molecule has 210 valence electrons. The van der Waals surface area contributed by atoms with Crippen molar-refractivity contribution < 1.29 is 0 Å². The Labute approximate surface area is 260 Å². The van der Waals surface area contributed by atoms with E-state index < -0.39 is 0 Å². The normalized spacial score (nSPS) is 11.6. The Morgan fingerprint density at radius 1 is 0.356 bits per heavy atom. The third-order valence-electron chi connectivity index (χ3n) is 8.77. The number of nitrogens with zero attached hydrogens (tertiary/aromatic N) is 3. The van der Waals surface area contributed by atoms with Crippen LogP contribution in [-0.4, -0.2) is 14.5 Å². The molecule has 0 aliphatic rings. The summed E-state index contributed by atoms with van der Waals surface area (Å²) in [6, 6.07) is 57.9. The van der Waals surface area contributed by atoms with Crippen LogP contribution in [0.15, 0.2) is 164 Å². The first kappa shape index (κ1) is 25.4. The van der Waals surface area contributed by atoms with Crippen LogP contribution in [0.1, 0.15) is 0 Å². The van der Waals surface area contributed by atoms with Crippen LogP contribution in [0.25, 0.3) is 82.9 Å². The van der Waals surface area contributed by atoms with Gasteiger partial charge in [-0.15, -0.1) is 0 Å². The minimum atomic E-state index is 0.890. The number of rotatable bonds is 4. The van der Waals surface area contributed by atoms with Gasteiger partial charge in [-0.05, 0) is 64.4 Å². The molecule has 2 aromatic heterocycles. The van der Waals surface area contributed by atoms with Crippen LogP contribution in [0.3, 0.4) is 0 Å². The maximum absolute atomic E-state index is 5.07. The van der Waals surface area contributed by atoms with Gasteiger partial charge in [-0.2, -0.15) is 0 Å². The summed E-state index contributed by atoms with van der Waals surface area (Å²) in [7, 11) is 0. The zero-order valence-electron chi connectivity index (χ0n) is 24.4. The van der Waals surface area contributed by atoms with Gasteiger partial charge in [0.2, 0.25) is 0 Å². The average Bonchev–Trinajstić information content (AvgIpc) is 3.43. The molecule has 45 heavy (non-hydrogen) atoms. The number of fused-ring (bicyclic) bond motifs is 5. The van der Waals surface area contributed by atoms with E-state index in [0.717, 1.165) is 44.8 Å². The van der Waals surface area contributed by atoms with Gasteiger partial charge in [0.05, 0.1) is 33.5 Å². The van der Waals surface area contributed by atoms with Crippen molar-refractivity contribution in [3.8, 4) is 39.3 Å². The lowest BCUT2D eigenvalue weighted by Gasteiger charge is -2.12. The third-order valence-corrected chi connectivity index (χ3v) is 8.77. The van der Waals surface area contributed by atoms with E-state index in [1.807, 2.05) is 42.5 Å². The predicted molar refractivity (Wildman–Crippen MR) is 188 cm³/mol. The van der Waals surface area contributed by atoms with Crippen LogP contribution >= 0.6 is 0 Å². The SMILES string of the molecule is c1ccc(-c2nc3ccccc3nc2-c2ccc(-c3ccc(-n4c5ccccc5c5cc6ccccc6cc54)cc3)cc2)cc1. The van der Waals surface area contributed by atoms with Crippen molar-refractivity contribution in [3.05, 3.63) is 164 Å². The van der Waals surface area contributed by atoms with Gasteiger partial charge in [0.25, 0.3) is 0 Å². The lowest BCUT2D eigenvalue weighted by molar-refractivity contribution is 1.18. The largest absolute Gasteiger partial charge is 0.309 e. The Bertz CT molecular complexity index is 2510. The van der Waals surface area contributed by atoms with E-state index in [1.165, 1.54) is 38.1 Å². The van der Waals surface area contributed by atoms with Crippen molar-refractivity contribution in [2.24, 2.45) is 0 Å². The summed E-state index contributed by atoms with van der Waals surface area (Å²) in [5, 5.41) is 5.05. The fourth-order valence-electron chi connectivity index (χ4n) is 6.56. The summed E-state index contributed by atoms with van der Waals surface area (Å²) in [5.74, 6) is 0. The quantitative estimate of drug-likeness (QED) is 0.210. The topological polar surface area (TPSA) is 30.7 Å². The van der Waals surface area contributed by atoms with Crippen molar-refractivity contribution in [1.29, 1.82) is 0 Å². The van der Waals surface area contributed by atoms with Gasteiger partial charge in [-0.1, -0.05) is 121 Å². The molecule has 0 atom stereocenters. The molecule has 3 nitrogen and oxygen atoms in total. The zero-order valence-corrected chi connectivity index (χ0v) is 24.4. The molecular weight excluding hydrogens is 546 g/mol. The second kappa shape index (κ2) is 10.3. The Balaban J connectivity index is 1.11. The van der Waals surface area contributed by atoms with Gasteiger partial charge in [-0.3, -0.25) is 0 Å². The van der Waals surface area contributed by atoms with Crippen molar-refractivity contribution >= 4 is 43.6 Å². The zero-order chi connectivity index (χ0) is 29.7. The van der Waals surface area contributed by atoms with Crippen LogP contribution in [0.5, 0.6) is 0 Å². The number of benzene rings is 7. The van der Waals surface area contributed by atoms with Gasteiger partial charge >= 0.3 is 0 Å². The highest BCUT2D eigenvalue weighted by molar-refractivity contribution is 6.13. The summed E-state index contributed by atoms with van der Waals surface area (Å²) >= 11 is 0. The predicted octanol–water partition coefficient (Wildman–Crippen LogP) is 10.9. The van der Waals surface area contributed by atoms with Gasteiger partial charge < -0.3 is 4.57 Å². The van der Waals surface area contributed by atoms with E-state index in [1.54, 1.807) is 0 Å². The number of hydrogen-bond acceptors (Lipinski definition) is 2. The highest BCUT2D eigenvalue weighted by Crippen LogP contribution is 2.36. The highest BCUT2D eigenvalue weighted by Gasteiger charge is 2.15. The van der Waals surface area contributed by atoms with Gasteiger partial charge in [0.15, 0.2) is 0 Å². The van der Waals surface area contributed by atoms with Crippen molar-refractivity contribution in [1.82, 2.24) is 14.5 Å². The van der Waals surface area contributed by atoms with E-state index in [-0.39, 0.29) is 0 Å². The van der Waals surface area contributed by atoms with E-state index in [4.69, 9.17) is 9.97 Å². The first-order chi connectivity index (χ1) is 22.3. The molecule has 2 heterocycles. The molecular formula is C42H27N3. The van der Waals surface area contributed by atoms with Gasteiger partial charge in [0.1, 0.15) is 0 Å². The maximum Gasteiger partial charge on any atom is 0.0973 e. The maximum atomic E-state index is 5.07. The van der Waals surface area contributed by atoms with Crippen molar-refractivity contribution in [3.63, 3.8) is 0 Å². The third kappa shape index (κ3) is 4.29. The molecule has 9 rings (SSSR count). The minimum Gasteiger partial charge on any atom is -0.309 e. The fraction of sp³-hybridized carbons (Fsp3) is 0. The van der Waals surface area contributed by atoms with Crippen LogP contribution in [0.4, 0.5) is 0 Å². The lowest BCUT2D eigenvalue weighted by Crippen LogP contribution is -1.95. The first-order valence-corrected chi connectivity index (χ1v) is 15.3. The number of aromatic nitrogens is 3. The smallest absolute Gasteiger partial charge is 0.0973 e. The molecule has 0 aliphatic heterocycles. The van der Waals surface area contributed by atoms with E-state index in [9.17, 15) is 0 Å². The van der Waals surface area contributed by atoms with Gasteiger partial charge in [-0.25, -0.2) is 9.97 Å². The summed E-state index contributed by atoms with van der Waals surface area (Å²) in [6.07, 6.45) is 0. The molecule has 3 heteroatoms. The molecule has 0 unspecified atom stereocenters. The minimum absolute atomic E-state index is 0.890.